The van der Waals surface area contributed by atoms with Crippen molar-refractivity contribution in [2.24, 2.45) is 0 Å². The van der Waals surface area contributed by atoms with Crippen molar-refractivity contribution in [3.8, 4) is 16.9 Å². The number of ether oxygens (including phenoxy) is 1. The maximum Gasteiger partial charge on any atom is 0.251 e. The third-order valence-electron chi connectivity index (χ3n) is 4.42. The number of rotatable bonds is 4. The lowest BCUT2D eigenvalue weighted by atomic mass is 10.0. The quantitative estimate of drug-likeness (QED) is 0.783. The van der Waals surface area contributed by atoms with Gasteiger partial charge in [-0.2, -0.15) is 0 Å². The van der Waals surface area contributed by atoms with Gasteiger partial charge in [0.2, 0.25) is 0 Å². The van der Waals surface area contributed by atoms with E-state index in [-0.39, 0.29) is 17.8 Å². The van der Waals surface area contributed by atoms with Crippen LogP contribution >= 0.6 is 0 Å². The van der Waals surface area contributed by atoms with E-state index >= 15 is 0 Å². The second kappa shape index (κ2) is 6.96. The van der Waals surface area contributed by atoms with Crippen LogP contribution in [0.1, 0.15) is 15.9 Å². The Balaban J connectivity index is 1.44. The second-order valence-corrected chi connectivity index (χ2v) is 6.19. The summed E-state index contributed by atoms with van der Waals surface area (Å²) in [5, 5.41) is 2.86. The Bertz CT molecular complexity index is 927. The molecule has 3 aromatic rings. The Hall–Kier alpha value is -3.21. The molecule has 0 saturated heterocycles. The topological polar surface area (TPSA) is 51.2 Å². The molecule has 0 spiro atoms. The molecule has 1 atom stereocenters. The van der Waals surface area contributed by atoms with Crippen LogP contribution in [0.3, 0.4) is 0 Å². The summed E-state index contributed by atoms with van der Waals surface area (Å²) < 4.78 is 19.1. The van der Waals surface area contributed by atoms with Crippen LogP contribution in [-0.2, 0) is 6.42 Å². The zero-order chi connectivity index (χ0) is 17.9. The zero-order valence-electron chi connectivity index (χ0n) is 14.0. The number of fused-ring (bicyclic) bond motifs is 1. The lowest BCUT2D eigenvalue weighted by molar-refractivity contribution is 0.0933. The van der Waals surface area contributed by atoms with Gasteiger partial charge in [0.15, 0.2) is 0 Å². The van der Waals surface area contributed by atoms with Crippen molar-refractivity contribution >= 4 is 5.91 Å². The van der Waals surface area contributed by atoms with Gasteiger partial charge in [-0.25, -0.2) is 4.39 Å². The molecule has 26 heavy (non-hydrogen) atoms. The first-order chi connectivity index (χ1) is 12.7. The van der Waals surface area contributed by atoms with Crippen molar-refractivity contribution < 1.29 is 13.9 Å². The van der Waals surface area contributed by atoms with Gasteiger partial charge in [0, 0.05) is 29.9 Å². The highest BCUT2D eigenvalue weighted by Gasteiger charge is 2.26. The molecule has 4 nitrogen and oxygen atoms in total. The predicted molar refractivity (Wildman–Crippen MR) is 96.5 cm³/mol. The first kappa shape index (κ1) is 16.3. The Morgan fingerprint density at radius 2 is 1.88 bits per heavy atom. The fraction of sp³-hybridized carbons (Fsp3) is 0.143. The van der Waals surface area contributed by atoms with E-state index in [9.17, 15) is 9.18 Å². The molecule has 0 radical (unpaired) electrons. The number of nitrogens with zero attached hydrogens (tertiary/aromatic N) is 1. The average molecular weight is 348 g/mol. The molecule has 0 aliphatic carbocycles. The third kappa shape index (κ3) is 3.28. The van der Waals surface area contributed by atoms with Crippen LogP contribution in [0.4, 0.5) is 4.39 Å². The maximum atomic E-state index is 13.0. The van der Waals surface area contributed by atoms with E-state index in [1.807, 2.05) is 30.3 Å². The number of benzene rings is 2. The minimum atomic E-state index is -0.361. The Morgan fingerprint density at radius 3 is 2.65 bits per heavy atom. The number of hydrogen-bond acceptors (Lipinski definition) is 3. The van der Waals surface area contributed by atoms with Crippen LogP contribution in [0.25, 0.3) is 11.1 Å². The highest BCUT2D eigenvalue weighted by atomic mass is 19.1. The van der Waals surface area contributed by atoms with Crippen LogP contribution in [0, 0.1) is 5.82 Å². The minimum absolute atomic E-state index is 0.127. The van der Waals surface area contributed by atoms with Gasteiger partial charge < -0.3 is 10.1 Å². The smallest absolute Gasteiger partial charge is 0.251 e. The molecule has 1 aliphatic heterocycles. The Morgan fingerprint density at radius 1 is 1.12 bits per heavy atom. The van der Waals surface area contributed by atoms with Gasteiger partial charge in [-0.3, -0.25) is 9.78 Å². The van der Waals surface area contributed by atoms with Crippen LogP contribution < -0.4 is 10.1 Å². The summed E-state index contributed by atoms with van der Waals surface area (Å²) >= 11 is 0. The molecule has 1 amide bonds. The van der Waals surface area contributed by atoms with Gasteiger partial charge in [0.05, 0.1) is 6.54 Å². The van der Waals surface area contributed by atoms with E-state index in [0.29, 0.717) is 12.1 Å². The molecule has 130 valence electrons. The first-order valence-electron chi connectivity index (χ1n) is 8.43. The van der Waals surface area contributed by atoms with E-state index in [2.05, 4.69) is 10.3 Å². The summed E-state index contributed by atoms with van der Waals surface area (Å²) in [5.74, 6) is 0.262. The van der Waals surface area contributed by atoms with E-state index in [1.165, 1.54) is 24.3 Å². The summed E-state index contributed by atoms with van der Waals surface area (Å²) in [6.07, 6.45) is 4.11. The van der Waals surface area contributed by atoms with Crippen molar-refractivity contribution in [2.45, 2.75) is 12.5 Å². The number of aromatic nitrogens is 1. The summed E-state index contributed by atoms with van der Waals surface area (Å²) in [7, 11) is 0. The molecule has 4 rings (SSSR count). The summed E-state index contributed by atoms with van der Waals surface area (Å²) in [6.45, 7) is 0.390. The number of carbonyl (C=O) groups excluding carboxylic acids is 1. The number of amides is 1. The molecule has 0 unspecified atom stereocenters. The Labute approximate surface area is 150 Å². The number of para-hydroxylation sites is 1. The average Bonchev–Trinajstić information content (AvgIpc) is 3.10. The van der Waals surface area contributed by atoms with Gasteiger partial charge in [-0.05, 0) is 47.5 Å². The summed E-state index contributed by atoms with van der Waals surface area (Å²) in [6, 6.07) is 15.5. The molecule has 2 heterocycles. The van der Waals surface area contributed by atoms with Crippen molar-refractivity contribution in [1.82, 2.24) is 10.3 Å². The van der Waals surface area contributed by atoms with Gasteiger partial charge in [0.1, 0.15) is 17.7 Å². The van der Waals surface area contributed by atoms with Crippen molar-refractivity contribution in [3.63, 3.8) is 0 Å². The SMILES string of the molecule is O=C(NC[C@@H]1Cc2cccc(-c3ccncc3)c2O1)c1ccc(F)cc1. The molecule has 1 aromatic heterocycles. The monoisotopic (exact) mass is 348 g/mol. The van der Waals surface area contributed by atoms with Crippen LogP contribution in [0.15, 0.2) is 67.0 Å². The van der Waals surface area contributed by atoms with Crippen molar-refractivity contribution in [2.75, 3.05) is 6.54 Å². The molecule has 1 N–H and O–H groups in total. The standard InChI is InChI=1S/C21H17FN2O2/c22-17-6-4-15(5-7-17)21(25)24-13-18-12-16-2-1-3-19(20(16)26-18)14-8-10-23-11-9-14/h1-11,18H,12-13H2,(H,24,25)/t18-/m0/s1. The number of carbonyl (C=O) groups is 1. The normalized spacial score (nSPS) is 15.2. The first-order valence-corrected chi connectivity index (χ1v) is 8.43. The van der Waals surface area contributed by atoms with E-state index in [0.717, 1.165) is 28.9 Å². The number of nitrogens with one attached hydrogen (secondary N) is 1. The number of hydrogen-bond donors (Lipinski definition) is 1. The molecule has 2 aromatic carbocycles. The molecule has 5 heteroatoms. The molecule has 0 saturated carbocycles. The van der Waals surface area contributed by atoms with E-state index in [1.54, 1.807) is 12.4 Å². The van der Waals surface area contributed by atoms with Crippen LogP contribution in [0.2, 0.25) is 0 Å². The van der Waals surface area contributed by atoms with Gasteiger partial charge in [0.25, 0.3) is 5.91 Å². The predicted octanol–water partition coefficient (Wildman–Crippen LogP) is 3.62. The summed E-state index contributed by atoms with van der Waals surface area (Å²) in [4.78, 5) is 16.2. The van der Waals surface area contributed by atoms with Gasteiger partial charge in [-0.15, -0.1) is 0 Å². The molecule has 1 aliphatic rings. The number of pyridine rings is 1. The fourth-order valence-electron chi connectivity index (χ4n) is 3.12. The van der Waals surface area contributed by atoms with Gasteiger partial charge in [-0.1, -0.05) is 18.2 Å². The van der Waals surface area contributed by atoms with Crippen molar-refractivity contribution in [1.29, 1.82) is 0 Å². The fourth-order valence-corrected chi connectivity index (χ4v) is 3.12. The molecule has 0 fully saturated rings. The summed E-state index contributed by atoms with van der Waals surface area (Å²) in [5.41, 5.74) is 3.63. The lowest BCUT2D eigenvalue weighted by Gasteiger charge is -2.13. The maximum absolute atomic E-state index is 13.0. The molecular weight excluding hydrogens is 331 g/mol. The van der Waals surface area contributed by atoms with E-state index < -0.39 is 0 Å². The largest absolute Gasteiger partial charge is 0.487 e. The Kier molecular flexibility index (Phi) is 4.35. The lowest BCUT2D eigenvalue weighted by Crippen LogP contribution is -2.34. The van der Waals surface area contributed by atoms with E-state index in [4.69, 9.17) is 4.74 Å². The van der Waals surface area contributed by atoms with Crippen LogP contribution in [-0.4, -0.2) is 23.5 Å². The second-order valence-electron chi connectivity index (χ2n) is 6.19. The van der Waals surface area contributed by atoms with Gasteiger partial charge >= 0.3 is 0 Å². The molecule has 0 bridgehead atoms. The van der Waals surface area contributed by atoms with Crippen LogP contribution in [0.5, 0.6) is 5.75 Å². The molecular formula is C21H17FN2O2. The number of halogens is 1. The minimum Gasteiger partial charge on any atom is -0.487 e. The highest BCUT2D eigenvalue weighted by molar-refractivity contribution is 5.94. The van der Waals surface area contributed by atoms with Crippen molar-refractivity contribution in [3.05, 3.63) is 83.9 Å². The third-order valence-corrected chi connectivity index (χ3v) is 4.42. The zero-order valence-corrected chi connectivity index (χ0v) is 14.0. The highest BCUT2D eigenvalue weighted by Crippen LogP contribution is 2.38.